The first-order valence-electron chi connectivity index (χ1n) is 7.55. The van der Waals surface area contributed by atoms with Crippen molar-refractivity contribution < 1.29 is 8.42 Å². The summed E-state index contributed by atoms with van der Waals surface area (Å²) in [5, 5.41) is 3.28. The predicted octanol–water partition coefficient (Wildman–Crippen LogP) is 2.29. The summed E-state index contributed by atoms with van der Waals surface area (Å²) < 4.78 is 28.1. The lowest BCUT2D eigenvalue weighted by atomic mass is 9.81. The highest BCUT2D eigenvalue weighted by Gasteiger charge is 2.27. The Hall–Kier alpha value is -0.910. The molecule has 1 aromatic rings. The van der Waals surface area contributed by atoms with Crippen LogP contribution >= 0.6 is 0 Å². The molecule has 0 fully saturated rings. The number of hydrogen-bond acceptors (Lipinski definition) is 3. The number of hydrogen-bond donors (Lipinski definition) is 2. The van der Waals surface area contributed by atoms with Crippen molar-refractivity contribution in [1.82, 2.24) is 10.0 Å². The molecule has 5 heteroatoms. The maximum absolute atomic E-state index is 12.6. The SMILES string of the molecule is CC(C)C(C)(C)CNS(=O)(=O)c1cccc2c1CCNC2. The summed E-state index contributed by atoms with van der Waals surface area (Å²) in [7, 11) is -3.45. The van der Waals surface area contributed by atoms with E-state index < -0.39 is 10.0 Å². The molecule has 0 aromatic heterocycles. The molecule has 0 atom stereocenters. The molecule has 0 radical (unpaired) electrons. The smallest absolute Gasteiger partial charge is 0.240 e. The van der Waals surface area contributed by atoms with Crippen LogP contribution in [-0.4, -0.2) is 21.5 Å². The molecule has 4 nitrogen and oxygen atoms in total. The molecule has 0 aliphatic carbocycles. The molecule has 1 aliphatic rings. The highest BCUT2D eigenvalue weighted by Crippen LogP contribution is 2.27. The highest BCUT2D eigenvalue weighted by molar-refractivity contribution is 7.89. The first-order valence-corrected chi connectivity index (χ1v) is 9.03. The molecule has 118 valence electrons. The Labute approximate surface area is 128 Å². The van der Waals surface area contributed by atoms with E-state index >= 15 is 0 Å². The highest BCUT2D eigenvalue weighted by atomic mass is 32.2. The standard InChI is InChI=1S/C16H26N2O2S/c1-12(2)16(3,4)11-18-21(19,20)15-7-5-6-13-10-17-9-8-14(13)15/h5-7,12,17-18H,8-11H2,1-4H3. The topological polar surface area (TPSA) is 58.2 Å². The minimum atomic E-state index is -3.45. The van der Waals surface area contributed by atoms with Crippen LogP contribution in [0.1, 0.15) is 38.8 Å². The van der Waals surface area contributed by atoms with Crippen molar-refractivity contribution in [2.75, 3.05) is 13.1 Å². The van der Waals surface area contributed by atoms with Gasteiger partial charge in [-0.2, -0.15) is 0 Å². The van der Waals surface area contributed by atoms with Crippen molar-refractivity contribution >= 4 is 10.0 Å². The van der Waals surface area contributed by atoms with Crippen molar-refractivity contribution in [3.8, 4) is 0 Å². The molecule has 1 aromatic carbocycles. The lowest BCUT2D eigenvalue weighted by molar-refractivity contribution is 0.252. The Balaban J connectivity index is 2.25. The van der Waals surface area contributed by atoms with Gasteiger partial charge in [0.25, 0.3) is 0 Å². The zero-order valence-corrected chi connectivity index (χ0v) is 14.2. The lowest BCUT2D eigenvalue weighted by Gasteiger charge is -2.29. The predicted molar refractivity (Wildman–Crippen MR) is 85.7 cm³/mol. The number of sulfonamides is 1. The Bertz CT molecular complexity index is 607. The van der Waals surface area contributed by atoms with Crippen LogP contribution in [0.25, 0.3) is 0 Å². The van der Waals surface area contributed by atoms with Crippen molar-refractivity contribution in [3.63, 3.8) is 0 Å². The van der Waals surface area contributed by atoms with E-state index in [1.165, 1.54) is 0 Å². The Morgan fingerprint density at radius 3 is 2.71 bits per heavy atom. The molecule has 2 N–H and O–H groups in total. The van der Waals surface area contributed by atoms with E-state index in [1.54, 1.807) is 6.07 Å². The summed E-state index contributed by atoms with van der Waals surface area (Å²) in [4.78, 5) is 0.445. The summed E-state index contributed by atoms with van der Waals surface area (Å²) in [6, 6.07) is 5.54. The van der Waals surface area contributed by atoms with E-state index in [0.717, 1.165) is 30.6 Å². The normalized spacial score (nSPS) is 16.0. The van der Waals surface area contributed by atoms with E-state index in [2.05, 4.69) is 37.7 Å². The molecule has 1 heterocycles. The molecular formula is C16H26N2O2S. The van der Waals surface area contributed by atoms with Gasteiger partial charge in [-0.15, -0.1) is 0 Å². The molecule has 0 saturated heterocycles. The van der Waals surface area contributed by atoms with E-state index in [0.29, 0.717) is 17.4 Å². The van der Waals surface area contributed by atoms with Crippen LogP contribution < -0.4 is 10.0 Å². The van der Waals surface area contributed by atoms with Gasteiger partial charge in [-0.05, 0) is 41.5 Å². The van der Waals surface area contributed by atoms with E-state index in [9.17, 15) is 8.42 Å². The minimum absolute atomic E-state index is 0.0660. The Kier molecular flexibility index (Phi) is 4.76. The quantitative estimate of drug-likeness (QED) is 0.877. The van der Waals surface area contributed by atoms with Gasteiger partial charge in [-0.1, -0.05) is 39.8 Å². The monoisotopic (exact) mass is 310 g/mol. The Morgan fingerprint density at radius 1 is 1.33 bits per heavy atom. The second-order valence-electron chi connectivity index (χ2n) is 6.79. The van der Waals surface area contributed by atoms with Gasteiger partial charge < -0.3 is 5.32 Å². The number of rotatable bonds is 5. The summed E-state index contributed by atoms with van der Waals surface area (Å²) in [6.07, 6.45) is 0.764. The lowest BCUT2D eigenvalue weighted by Crippen LogP contribution is -2.37. The Morgan fingerprint density at radius 2 is 2.05 bits per heavy atom. The van der Waals surface area contributed by atoms with Crippen molar-refractivity contribution in [2.45, 2.75) is 45.6 Å². The molecule has 21 heavy (non-hydrogen) atoms. The fourth-order valence-corrected chi connectivity index (χ4v) is 3.84. The van der Waals surface area contributed by atoms with Crippen LogP contribution in [-0.2, 0) is 23.0 Å². The molecule has 1 aliphatic heterocycles. The largest absolute Gasteiger partial charge is 0.312 e. The fourth-order valence-electron chi connectivity index (χ4n) is 2.31. The average Bonchev–Trinajstić information content (AvgIpc) is 2.44. The van der Waals surface area contributed by atoms with Gasteiger partial charge in [0.15, 0.2) is 0 Å². The zero-order chi connectivity index (χ0) is 15.7. The molecule has 0 spiro atoms. The first kappa shape index (κ1) is 16.5. The van der Waals surface area contributed by atoms with Crippen LogP contribution in [0.3, 0.4) is 0 Å². The van der Waals surface area contributed by atoms with Crippen LogP contribution in [0, 0.1) is 11.3 Å². The maximum atomic E-state index is 12.6. The number of fused-ring (bicyclic) bond motifs is 1. The van der Waals surface area contributed by atoms with Crippen LogP contribution in [0.4, 0.5) is 0 Å². The number of nitrogens with one attached hydrogen (secondary N) is 2. The van der Waals surface area contributed by atoms with E-state index in [-0.39, 0.29) is 5.41 Å². The third-order valence-electron chi connectivity index (χ3n) is 4.67. The molecule has 0 amide bonds. The van der Waals surface area contributed by atoms with Gasteiger partial charge in [0.05, 0.1) is 4.90 Å². The average molecular weight is 310 g/mol. The van der Waals surface area contributed by atoms with Gasteiger partial charge in [0, 0.05) is 13.1 Å². The zero-order valence-electron chi connectivity index (χ0n) is 13.4. The molecule has 0 saturated carbocycles. The van der Waals surface area contributed by atoms with Crippen molar-refractivity contribution in [3.05, 3.63) is 29.3 Å². The van der Waals surface area contributed by atoms with E-state index in [4.69, 9.17) is 0 Å². The van der Waals surface area contributed by atoms with Crippen LogP contribution in [0.15, 0.2) is 23.1 Å². The molecule has 0 bridgehead atoms. The third-order valence-corrected chi connectivity index (χ3v) is 6.15. The van der Waals surface area contributed by atoms with Crippen LogP contribution in [0.2, 0.25) is 0 Å². The van der Waals surface area contributed by atoms with Gasteiger partial charge in [-0.25, -0.2) is 13.1 Å². The molecular weight excluding hydrogens is 284 g/mol. The summed E-state index contributed by atoms with van der Waals surface area (Å²) in [6.45, 7) is 10.4. The minimum Gasteiger partial charge on any atom is -0.312 e. The van der Waals surface area contributed by atoms with Gasteiger partial charge in [-0.3, -0.25) is 0 Å². The fraction of sp³-hybridized carbons (Fsp3) is 0.625. The number of benzene rings is 1. The second-order valence-corrected chi connectivity index (χ2v) is 8.52. The van der Waals surface area contributed by atoms with Gasteiger partial charge in [0.1, 0.15) is 0 Å². The van der Waals surface area contributed by atoms with Crippen LogP contribution in [0.5, 0.6) is 0 Å². The summed E-state index contributed by atoms with van der Waals surface area (Å²) >= 11 is 0. The molecule has 0 unspecified atom stereocenters. The maximum Gasteiger partial charge on any atom is 0.240 e. The first-order chi connectivity index (χ1) is 9.74. The van der Waals surface area contributed by atoms with Gasteiger partial charge >= 0.3 is 0 Å². The van der Waals surface area contributed by atoms with E-state index in [1.807, 2.05) is 12.1 Å². The van der Waals surface area contributed by atoms with Crippen molar-refractivity contribution in [2.24, 2.45) is 11.3 Å². The van der Waals surface area contributed by atoms with Gasteiger partial charge in [0.2, 0.25) is 10.0 Å². The van der Waals surface area contributed by atoms with Crippen molar-refractivity contribution in [1.29, 1.82) is 0 Å². The summed E-state index contributed by atoms with van der Waals surface area (Å²) in [5.74, 6) is 0.411. The third kappa shape index (κ3) is 3.65. The second kappa shape index (κ2) is 6.07. The molecule has 2 rings (SSSR count). The summed E-state index contributed by atoms with van der Waals surface area (Å²) in [5.41, 5.74) is 1.99.